The molecule has 4 saturated heterocycles. The topological polar surface area (TPSA) is 302 Å². The number of morpholine rings is 2. The number of piperazine rings is 2. The molecule has 6 heterocycles. The molecule has 0 bridgehead atoms. The number of nitrogens with two attached hydrogens (primary N) is 1. The van der Waals surface area contributed by atoms with Crippen LogP contribution in [0.4, 0.5) is 41.4 Å². The molecule has 0 saturated carbocycles. The molecule has 0 radical (unpaired) electrons. The van der Waals surface area contributed by atoms with E-state index in [0.29, 0.717) is 89.5 Å². The van der Waals surface area contributed by atoms with E-state index >= 15 is 0 Å². The number of nitrogens with zero attached hydrogens (tertiary/aromatic N) is 12. The van der Waals surface area contributed by atoms with Crippen LogP contribution in [-0.2, 0) is 29.7 Å². The highest BCUT2D eigenvalue weighted by molar-refractivity contribution is 7.86. The van der Waals surface area contributed by atoms with Crippen LogP contribution < -0.4 is 30.7 Å². The van der Waals surface area contributed by atoms with Crippen LogP contribution in [0.3, 0.4) is 0 Å². The van der Waals surface area contributed by atoms with E-state index in [1.54, 1.807) is 12.1 Å². The molecule has 2 aromatic heterocycles. The van der Waals surface area contributed by atoms with Gasteiger partial charge in [-0.05, 0) is 29.3 Å². The van der Waals surface area contributed by atoms with Crippen molar-refractivity contribution in [3.63, 3.8) is 0 Å². The zero-order valence-electron chi connectivity index (χ0n) is 36.3. The van der Waals surface area contributed by atoms with E-state index in [-0.39, 0.29) is 46.8 Å². The van der Waals surface area contributed by atoms with Gasteiger partial charge in [-0.2, -0.15) is 46.7 Å². The summed E-state index contributed by atoms with van der Waals surface area (Å²) in [7, 11) is -9.24. The van der Waals surface area contributed by atoms with E-state index < -0.39 is 25.1 Å². The number of ether oxygens (including phenoxy) is 2. The molecule has 7 N–H and O–H groups in total. The highest BCUT2D eigenvalue weighted by Crippen LogP contribution is 2.27. The van der Waals surface area contributed by atoms with E-state index in [1.807, 2.05) is 9.80 Å². The molecule has 0 aliphatic carbocycles. The quantitative estimate of drug-likeness (QED) is 0.0694. The Morgan fingerprint density at radius 3 is 1.44 bits per heavy atom. The molecule has 2 aromatic carbocycles. The summed E-state index contributed by atoms with van der Waals surface area (Å²) in [4.78, 5) is 38.8. The van der Waals surface area contributed by atoms with E-state index in [0.717, 1.165) is 52.4 Å². The summed E-state index contributed by atoms with van der Waals surface area (Å²) in [5.41, 5.74) is 6.33. The molecule has 358 valence electrons. The highest BCUT2D eigenvalue weighted by Gasteiger charge is 2.25. The first-order valence-corrected chi connectivity index (χ1v) is 24.4. The third-order valence-electron chi connectivity index (χ3n) is 11.2. The first-order chi connectivity index (χ1) is 31.8. The molecule has 8 rings (SSSR count). The first kappa shape index (κ1) is 48.5. The average Bonchev–Trinajstić information content (AvgIpc) is 3.32. The number of aliphatic hydroxyl groups excluding tert-OH is 2. The SMILES string of the molecule is Nc1nc(N2CCOCC2)nc(N2CCN(CCO)CC2)n1.O=S(=O)(O)c1ccccc1/C=C/c1ccc(Nc2nc(N3CCOCC3)nc(N3CCN(CCO)CC3)n2)cc1S(=O)(=O)O. The minimum atomic E-state index is -4.72. The van der Waals surface area contributed by atoms with Crippen molar-refractivity contribution in [1.82, 2.24) is 39.7 Å². The first-order valence-electron chi connectivity index (χ1n) is 21.5. The van der Waals surface area contributed by atoms with Gasteiger partial charge in [-0.1, -0.05) is 36.4 Å². The molecule has 4 aliphatic rings. The molecule has 24 nitrogen and oxygen atoms in total. The molecule has 0 unspecified atom stereocenters. The molecular formula is C40H56N14O10S2. The van der Waals surface area contributed by atoms with Gasteiger partial charge in [0.2, 0.25) is 35.7 Å². The molecule has 4 aromatic rings. The lowest BCUT2D eigenvalue weighted by Crippen LogP contribution is -2.48. The zero-order chi connectivity index (χ0) is 46.7. The van der Waals surface area contributed by atoms with Gasteiger partial charge in [0, 0.05) is 97.3 Å². The van der Waals surface area contributed by atoms with Crippen molar-refractivity contribution in [2.45, 2.75) is 9.79 Å². The van der Waals surface area contributed by atoms with Crippen LogP contribution >= 0.6 is 0 Å². The highest BCUT2D eigenvalue weighted by atomic mass is 32.2. The summed E-state index contributed by atoms with van der Waals surface area (Å²) in [5, 5.41) is 21.3. The second-order valence-corrected chi connectivity index (χ2v) is 18.3. The second-order valence-electron chi connectivity index (χ2n) is 15.6. The fourth-order valence-corrected chi connectivity index (χ4v) is 9.03. The van der Waals surface area contributed by atoms with Crippen LogP contribution in [0.5, 0.6) is 0 Å². The number of nitrogen functional groups attached to an aromatic ring is 1. The lowest BCUT2D eigenvalue weighted by atomic mass is 10.1. The Kier molecular flexibility index (Phi) is 16.4. The smallest absolute Gasteiger partial charge is 0.295 e. The molecule has 26 heteroatoms. The number of aromatic nitrogens is 6. The maximum atomic E-state index is 12.4. The van der Waals surface area contributed by atoms with Crippen molar-refractivity contribution in [3.8, 4) is 0 Å². The van der Waals surface area contributed by atoms with Gasteiger partial charge in [0.15, 0.2) is 0 Å². The van der Waals surface area contributed by atoms with E-state index in [9.17, 15) is 31.0 Å². The predicted octanol–water partition coefficient (Wildman–Crippen LogP) is -0.365. The van der Waals surface area contributed by atoms with E-state index in [4.69, 9.17) is 25.3 Å². The minimum absolute atomic E-state index is 0.0780. The third-order valence-corrected chi connectivity index (χ3v) is 13.0. The maximum absolute atomic E-state index is 12.4. The zero-order valence-corrected chi connectivity index (χ0v) is 38.0. The van der Waals surface area contributed by atoms with Gasteiger partial charge in [-0.15, -0.1) is 0 Å². The van der Waals surface area contributed by atoms with Crippen LogP contribution in [0.15, 0.2) is 52.3 Å². The lowest BCUT2D eigenvalue weighted by molar-refractivity contribution is 0.122. The Labute approximate surface area is 383 Å². The number of rotatable bonds is 14. The summed E-state index contributed by atoms with van der Waals surface area (Å²) in [6.07, 6.45) is 2.65. The number of hydrogen-bond acceptors (Lipinski definition) is 22. The van der Waals surface area contributed by atoms with Gasteiger partial charge >= 0.3 is 0 Å². The number of nitrogens with one attached hydrogen (secondary N) is 1. The number of hydrogen-bond donors (Lipinski definition) is 6. The van der Waals surface area contributed by atoms with Crippen LogP contribution in [0.2, 0.25) is 0 Å². The van der Waals surface area contributed by atoms with Gasteiger partial charge in [-0.25, -0.2) is 0 Å². The Bertz CT molecular complexity index is 2500. The van der Waals surface area contributed by atoms with E-state index in [1.165, 1.54) is 42.5 Å². The molecule has 0 spiro atoms. The van der Waals surface area contributed by atoms with Crippen molar-refractivity contribution in [3.05, 3.63) is 53.6 Å². The Morgan fingerprint density at radius 1 is 0.561 bits per heavy atom. The Morgan fingerprint density at radius 2 is 0.985 bits per heavy atom. The number of β-amino-alcohol motifs (C(OH)–C–C–N with tert-alkyl or cyclic N) is 2. The van der Waals surface area contributed by atoms with Crippen molar-refractivity contribution in [2.75, 3.05) is 162 Å². The molecule has 66 heavy (non-hydrogen) atoms. The van der Waals surface area contributed by atoms with Crippen molar-refractivity contribution in [1.29, 1.82) is 0 Å². The standard InChI is InChI=1S/C27H33N7O8S2.C13H23N7O2/c35-16-13-32-9-11-33(12-10-32)26-29-25(30-27(31-26)34-14-17-42-18-15-34)28-22-8-7-21(24(19-22)44(39,40)41)6-5-20-3-1-2-4-23(20)43(36,37)38;14-11-15-12(19-3-1-18(2-4-19)5-8-21)17-13(16-11)20-6-9-22-10-7-20/h1-8,19,35H,9-18H2,(H,36,37,38)(H,39,40,41)(H,28,29,30,31);21H,1-10H2,(H2,14,15,16,17)/b6-5+;. The number of benzene rings is 2. The molecule has 4 aliphatic heterocycles. The fourth-order valence-electron chi connectivity index (χ4n) is 7.63. The average molecular weight is 957 g/mol. The summed E-state index contributed by atoms with van der Waals surface area (Å²) in [6.45, 7) is 12.8. The van der Waals surface area contributed by atoms with Gasteiger partial charge in [0.25, 0.3) is 20.2 Å². The lowest BCUT2D eigenvalue weighted by Gasteiger charge is -2.35. The third kappa shape index (κ3) is 13.1. The van der Waals surface area contributed by atoms with Crippen molar-refractivity contribution < 1.29 is 45.6 Å². The fraction of sp³-hybridized carbons (Fsp3) is 0.500. The van der Waals surface area contributed by atoms with Gasteiger partial charge in [0.05, 0.1) is 39.6 Å². The molecule has 0 atom stereocenters. The number of aliphatic hydroxyl groups is 2. The normalized spacial score (nSPS) is 18.1. The van der Waals surface area contributed by atoms with Crippen LogP contribution in [0, 0.1) is 0 Å². The minimum Gasteiger partial charge on any atom is -0.395 e. The van der Waals surface area contributed by atoms with Gasteiger partial charge in [-0.3, -0.25) is 18.9 Å². The van der Waals surface area contributed by atoms with Gasteiger partial charge < -0.3 is 50.3 Å². The summed E-state index contributed by atoms with van der Waals surface area (Å²) in [6, 6.07) is 9.88. The Balaban J connectivity index is 0.000000245. The number of anilines is 7. The van der Waals surface area contributed by atoms with Crippen LogP contribution in [0.1, 0.15) is 11.1 Å². The monoisotopic (exact) mass is 956 g/mol. The van der Waals surface area contributed by atoms with Gasteiger partial charge in [0.1, 0.15) is 9.79 Å². The maximum Gasteiger partial charge on any atom is 0.295 e. The van der Waals surface area contributed by atoms with Crippen molar-refractivity contribution in [2.24, 2.45) is 0 Å². The van der Waals surface area contributed by atoms with Crippen LogP contribution in [0.25, 0.3) is 12.2 Å². The molecule has 4 fully saturated rings. The van der Waals surface area contributed by atoms with Crippen LogP contribution in [-0.4, -0.2) is 207 Å². The van der Waals surface area contributed by atoms with E-state index in [2.05, 4.69) is 49.8 Å². The Hall–Kier alpha value is -5.42. The summed E-state index contributed by atoms with van der Waals surface area (Å²) < 4.78 is 78.6. The summed E-state index contributed by atoms with van der Waals surface area (Å²) in [5.74, 6) is 2.57. The second kappa shape index (κ2) is 22.4. The molecule has 0 amide bonds. The van der Waals surface area contributed by atoms with Crippen molar-refractivity contribution >= 4 is 73.8 Å². The predicted molar refractivity (Wildman–Crippen MR) is 246 cm³/mol. The summed E-state index contributed by atoms with van der Waals surface area (Å²) >= 11 is 0. The molecular weight excluding hydrogens is 901 g/mol. The largest absolute Gasteiger partial charge is 0.395 e.